The van der Waals surface area contributed by atoms with Crippen LogP contribution in [0.1, 0.15) is 25.3 Å². The predicted octanol–water partition coefficient (Wildman–Crippen LogP) is 3.01. The van der Waals surface area contributed by atoms with Gasteiger partial charge in [0, 0.05) is 38.4 Å². The summed E-state index contributed by atoms with van der Waals surface area (Å²) >= 11 is 0. The average molecular weight is 390 g/mol. The first kappa shape index (κ1) is 20.9. The number of hydrogen-bond acceptors (Lipinski definition) is 4. The van der Waals surface area contributed by atoms with Crippen LogP contribution in [0.15, 0.2) is 53.4 Å². The summed E-state index contributed by atoms with van der Waals surface area (Å²) in [6.07, 6.45) is 1.89. The van der Waals surface area contributed by atoms with Crippen molar-refractivity contribution >= 4 is 27.3 Å². The molecule has 0 fully saturated rings. The number of carbonyl (C=O) groups excluding carboxylic acids is 1. The largest absolute Gasteiger partial charge is 0.378 e. The van der Waals surface area contributed by atoms with Crippen molar-refractivity contribution in [3.63, 3.8) is 0 Å². The Balaban J connectivity index is 1.84. The zero-order chi connectivity index (χ0) is 19.9. The minimum absolute atomic E-state index is 0.109. The molecule has 0 heterocycles. The number of aryl methyl sites for hydroxylation is 1. The van der Waals surface area contributed by atoms with E-state index in [-0.39, 0.29) is 10.8 Å². The number of nitrogens with one attached hydrogen (secondary N) is 2. The van der Waals surface area contributed by atoms with Gasteiger partial charge in [-0.2, -0.15) is 0 Å². The summed E-state index contributed by atoms with van der Waals surface area (Å²) < 4.78 is 27.3. The van der Waals surface area contributed by atoms with Gasteiger partial charge in [0.05, 0.1) is 4.90 Å². The van der Waals surface area contributed by atoms with Gasteiger partial charge in [0.25, 0.3) is 0 Å². The normalized spacial score (nSPS) is 11.2. The molecule has 2 N–H and O–H groups in total. The van der Waals surface area contributed by atoms with Crippen LogP contribution in [0.4, 0.5) is 11.4 Å². The second-order valence-electron chi connectivity index (χ2n) is 6.49. The van der Waals surface area contributed by atoms with Crippen molar-refractivity contribution in [2.24, 2.45) is 0 Å². The van der Waals surface area contributed by atoms with E-state index in [1.807, 2.05) is 19.0 Å². The maximum absolute atomic E-state index is 12.3. The number of benzene rings is 2. The first-order valence-electron chi connectivity index (χ1n) is 8.97. The van der Waals surface area contributed by atoms with Gasteiger partial charge in [0.1, 0.15) is 0 Å². The number of hydrogen-bond donors (Lipinski definition) is 2. The highest BCUT2D eigenvalue weighted by molar-refractivity contribution is 7.89. The van der Waals surface area contributed by atoms with E-state index in [0.29, 0.717) is 25.1 Å². The van der Waals surface area contributed by atoms with Crippen molar-refractivity contribution in [3.8, 4) is 0 Å². The summed E-state index contributed by atoms with van der Waals surface area (Å²) in [6.45, 7) is 2.13. The summed E-state index contributed by atoms with van der Waals surface area (Å²) in [5.41, 5.74) is 2.90. The van der Waals surface area contributed by atoms with Crippen LogP contribution in [-0.2, 0) is 21.2 Å². The zero-order valence-electron chi connectivity index (χ0n) is 16.0. The van der Waals surface area contributed by atoms with E-state index in [2.05, 4.69) is 34.3 Å². The number of nitrogens with zero attached hydrogens (tertiary/aromatic N) is 1. The summed E-state index contributed by atoms with van der Waals surface area (Å²) in [6, 6.07) is 14.4. The molecule has 27 heavy (non-hydrogen) atoms. The Morgan fingerprint density at radius 2 is 1.63 bits per heavy atom. The van der Waals surface area contributed by atoms with Crippen LogP contribution >= 0.6 is 0 Å². The second-order valence-corrected chi connectivity index (χ2v) is 8.26. The molecule has 2 aromatic rings. The smallest absolute Gasteiger partial charge is 0.240 e. The Labute approximate surface area is 161 Å². The van der Waals surface area contributed by atoms with Crippen LogP contribution in [0.2, 0.25) is 0 Å². The number of carbonyl (C=O) groups is 1. The van der Waals surface area contributed by atoms with Gasteiger partial charge in [-0.25, -0.2) is 13.1 Å². The fourth-order valence-electron chi connectivity index (χ4n) is 2.51. The summed E-state index contributed by atoms with van der Waals surface area (Å²) in [5.74, 6) is -0.109. The predicted molar refractivity (Wildman–Crippen MR) is 110 cm³/mol. The average Bonchev–Trinajstić information content (AvgIpc) is 2.66. The Morgan fingerprint density at radius 1 is 1.00 bits per heavy atom. The van der Waals surface area contributed by atoms with E-state index in [9.17, 15) is 13.2 Å². The number of anilines is 2. The number of sulfonamides is 1. The van der Waals surface area contributed by atoms with Gasteiger partial charge in [-0.3, -0.25) is 4.79 Å². The van der Waals surface area contributed by atoms with E-state index in [1.54, 1.807) is 19.1 Å². The third kappa shape index (κ3) is 6.37. The van der Waals surface area contributed by atoms with Crippen LogP contribution < -0.4 is 14.9 Å². The molecule has 2 rings (SSSR count). The molecule has 0 aliphatic heterocycles. The van der Waals surface area contributed by atoms with Crippen molar-refractivity contribution in [3.05, 3.63) is 54.1 Å². The van der Waals surface area contributed by atoms with Gasteiger partial charge < -0.3 is 10.2 Å². The van der Waals surface area contributed by atoms with E-state index in [0.717, 1.165) is 12.1 Å². The molecule has 1 amide bonds. The molecule has 146 valence electrons. The highest BCUT2D eigenvalue weighted by Crippen LogP contribution is 2.15. The number of rotatable bonds is 9. The molecule has 7 heteroatoms. The molecule has 0 unspecified atom stereocenters. The van der Waals surface area contributed by atoms with Crippen LogP contribution in [0, 0.1) is 0 Å². The summed E-state index contributed by atoms with van der Waals surface area (Å²) in [5, 5.41) is 2.69. The van der Waals surface area contributed by atoms with Crippen LogP contribution in [0.3, 0.4) is 0 Å². The molecular weight excluding hydrogens is 362 g/mol. The lowest BCUT2D eigenvalue weighted by molar-refractivity contribution is -0.115. The second kappa shape index (κ2) is 9.53. The fraction of sp³-hybridized carbons (Fsp3) is 0.350. The van der Waals surface area contributed by atoms with Crippen molar-refractivity contribution in [2.45, 2.75) is 31.1 Å². The van der Waals surface area contributed by atoms with Crippen molar-refractivity contribution < 1.29 is 13.2 Å². The minimum atomic E-state index is -3.55. The standard InChI is InChI=1S/C20H27N3O3S/c1-4-20(24)22-17-9-13-19(14-10-17)27(25,26)21-15-5-6-16-7-11-18(12-8-16)23(2)3/h7-14,21H,4-6,15H2,1-3H3,(H,22,24). The molecule has 0 saturated heterocycles. The molecule has 0 radical (unpaired) electrons. The zero-order valence-corrected chi connectivity index (χ0v) is 16.8. The third-order valence-electron chi connectivity index (χ3n) is 4.16. The van der Waals surface area contributed by atoms with E-state index in [4.69, 9.17) is 0 Å². The lowest BCUT2D eigenvalue weighted by atomic mass is 10.1. The molecule has 0 spiro atoms. The molecular formula is C20H27N3O3S. The van der Waals surface area contributed by atoms with Gasteiger partial charge in [-0.05, 0) is 54.8 Å². The Hall–Kier alpha value is -2.38. The highest BCUT2D eigenvalue weighted by Gasteiger charge is 2.13. The summed E-state index contributed by atoms with van der Waals surface area (Å²) in [7, 11) is 0.435. The Morgan fingerprint density at radius 3 is 2.19 bits per heavy atom. The van der Waals surface area contributed by atoms with Crippen LogP contribution in [-0.4, -0.2) is 35.0 Å². The minimum Gasteiger partial charge on any atom is -0.378 e. The highest BCUT2D eigenvalue weighted by atomic mass is 32.2. The molecule has 0 aliphatic rings. The van der Waals surface area contributed by atoms with Crippen molar-refractivity contribution in [2.75, 3.05) is 30.9 Å². The van der Waals surface area contributed by atoms with Gasteiger partial charge in [-0.15, -0.1) is 0 Å². The first-order chi connectivity index (χ1) is 12.8. The SMILES string of the molecule is CCC(=O)Nc1ccc(S(=O)(=O)NCCCc2ccc(N(C)C)cc2)cc1. The maximum Gasteiger partial charge on any atom is 0.240 e. The molecule has 6 nitrogen and oxygen atoms in total. The van der Waals surface area contributed by atoms with Gasteiger partial charge >= 0.3 is 0 Å². The topological polar surface area (TPSA) is 78.5 Å². The van der Waals surface area contributed by atoms with Crippen LogP contribution in [0.25, 0.3) is 0 Å². The van der Waals surface area contributed by atoms with Crippen molar-refractivity contribution in [1.82, 2.24) is 4.72 Å². The fourth-order valence-corrected chi connectivity index (χ4v) is 3.58. The summed E-state index contributed by atoms with van der Waals surface area (Å²) in [4.78, 5) is 13.6. The van der Waals surface area contributed by atoms with Crippen LogP contribution in [0.5, 0.6) is 0 Å². The Bertz CT molecular complexity index is 845. The van der Waals surface area contributed by atoms with E-state index in [1.165, 1.54) is 17.7 Å². The molecule has 0 aromatic heterocycles. The molecule has 0 bridgehead atoms. The maximum atomic E-state index is 12.3. The van der Waals surface area contributed by atoms with E-state index < -0.39 is 10.0 Å². The van der Waals surface area contributed by atoms with Gasteiger partial charge in [0.2, 0.25) is 15.9 Å². The van der Waals surface area contributed by atoms with Gasteiger partial charge in [0.15, 0.2) is 0 Å². The molecule has 0 saturated carbocycles. The van der Waals surface area contributed by atoms with E-state index >= 15 is 0 Å². The number of amides is 1. The monoisotopic (exact) mass is 389 g/mol. The third-order valence-corrected chi connectivity index (χ3v) is 5.63. The van der Waals surface area contributed by atoms with Crippen molar-refractivity contribution in [1.29, 1.82) is 0 Å². The quantitative estimate of drug-likeness (QED) is 0.646. The lowest BCUT2D eigenvalue weighted by Crippen LogP contribution is -2.25. The van der Waals surface area contributed by atoms with Gasteiger partial charge in [-0.1, -0.05) is 19.1 Å². The molecule has 2 aromatic carbocycles. The molecule has 0 aliphatic carbocycles. The Kier molecular flexibility index (Phi) is 7.38. The first-order valence-corrected chi connectivity index (χ1v) is 10.5. The lowest BCUT2D eigenvalue weighted by Gasteiger charge is -2.12. The molecule has 0 atom stereocenters.